The number of benzene rings is 4. The molecule has 1 saturated heterocycles. The number of piperazine rings is 1. The maximum atomic E-state index is 13.9. The molecule has 6 rings (SSSR count). The molecule has 0 amide bonds. The number of carbonyl (C=O) groups excluding carboxylic acids is 2. The number of fused-ring (bicyclic) bond motifs is 1. The minimum Gasteiger partial charge on any atom is -0.550 e. The molecule has 266 valence electrons. The zero-order chi connectivity index (χ0) is 35.7. The van der Waals surface area contributed by atoms with Crippen molar-refractivity contribution < 1.29 is 80.3 Å². The summed E-state index contributed by atoms with van der Waals surface area (Å²) in [7, 11) is 1.59. The van der Waals surface area contributed by atoms with Crippen LogP contribution >= 0.6 is 0 Å². The van der Waals surface area contributed by atoms with Gasteiger partial charge in [0.15, 0.2) is 17.3 Å². The number of rotatable bonds is 16. The molecule has 0 saturated carbocycles. The molecule has 0 radical (unpaired) electrons. The number of hydrogen-bond acceptors (Lipinski definition) is 8. The van der Waals surface area contributed by atoms with Crippen LogP contribution in [0.3, 0.4) is 0 Å². The number of aliphatic carboxylic acids is 1. The van der Waals surface area contributed by atoms with E-state index in [0.29, 0.717) is 42.2 Å². The number of nitrogens with zero attached hydrogens (tertiary/aromatic N) is 3. The molecule has 1 fully saturated rings. The van der Waals surface area contributed by atoms with Crippen LogP contribution in [0, 0.1) is 6.92 Å². The number of ether oxygens (including phenoxy) is 3. The fourth-order valence-electron chi connectivity index (χ4n) is 6.80. The van der Waals surface area contributed by atoms with Crippen molar-refractivity contribution in [2.75, 3.05) is 51.3 Å². The zero-order valence-electron chi connectivity index (χ0n) is 30.7. The molecule has 0 aliphatic carbocycles. The van der Waals surface area contributed by atoms with Crippen molar-refractivity contribution >= 4 is 28.3 Å². The minimum absolute atomic E-state index is 0. The summed E-state index contributed by atoms with van der Waals surface area (Å²) in [5, 5.41) is 11.8. The van der Waals surface area contributed by atoms with Crippen LogP contribution in [0.5, 0.6) is 17.2 Å². The first-order valence-electron chi connectivity index (χ1n) is 17.8. The van der Waals surface area contributed by atoms with Gasteiger partial charge in [-0.2, -0.15) is 0 Å². The SMILES string of the molecule is CCOc1ccccc1N1CCN(CCC(Oc2ccc(C(=O)c3cn(CCCC(=O)[O-])c4ccccc34)cc2OC)c2ccc(C)cc2)CC1.[K+]. The Morgan fingerprint density at radius 1 is 0.846 bits per heavy atom. The molecule has 52 heavy (non-hydrogen) atoms. The van der Waals surface area contributed by atoms with Crippen molar-refractivity contribution in [1.29, 1.82) is 0 Å². The third kappa shape index (κ3) is 9.66. The largest absolute Gasteiger partial charge is 1.00 e. The van der Waals surface area contributed by atoms with Gasteiger partial charge in [-0.25, -0.2) is 0 Å². The van der Waals surface area contributed by atoms with E-state index in [-0.39, 0.29) is 69.7 Å². The van der Waals surface area contributed by atoms with E-state index < -0.39 is 5.97 Å². The monoisotopic (exact) mass is 727 g/mol. The number of ketones is 1. The summed E-state index contributed by atoms with van der Waals surface area (Å²) in [5.41, 5.74) is 5.32. The number of methoxy groups -OCH3 is 1. The van der Waals surface area contributed by atoms with Crippen LogP contribution in [0.4, 0.5) is 5.69 Å². The van der Waals surface area contributed by atoms with Crippen molar-refractivity contribution in [2.45, 2.75) is 45.8 Å². The van der Waals surface area contributed by atoms with Crippen LogP contribution < -0.4 is 75.6 Å². The summed E-state index contributed by atoms with van der Waals surface area (Å²) in [6.45, 7) is 9.78. The van der Waals surface area contributed by atoms with E-state index >= 15 is 0 Å². The van der Waals surface area contributed by atoms with Gasteiger partial charge in [0.2, 0.25) is 0 Å². The van der Waals surface area contributed by atoms with Gasteiger partial charge in [-0.3, -0.25) is 9.69 Å². The van der Waals surface area contributed by atoms with Gasteiger partial charge in [0.05, 0.1) is 19.4 Å². The van der Waals surface area contributed by atoms with Gasteiger partial charge in [-0.1, -0.05) is 60.2 Å². The van der Waals surface area contributed by atoms with Crippen molar-refractivity contribution in [2.24, 2.45) is 0 Å². The third-order valence-corrected chi connectivity index (χ3v) is 9.54. The van der Waals surface area contributed by atoms with E-state index in [2.05, 4.69) is 53.1 Å². The molecular weight excluding hydrogens is 682 g/mol. The van der Waals surface area contributed by atoms with Crippen molar-refractivity contribution in [3.63, 3.8) is 0 Å². The van der Waals surface area contributed by atoms with Crippen LogP contribution in [-0.4, -0.2) is 67.7 Å². The van der Waals surface area contributed by atoms with Crippen LogP contribution in [0.2, 0.25) is 0 Å². The number of carboxylic acids is 1. The van der Waals surface area contributed by atoms with Crippen LogP contribution in [0.1, 0.15) is 59.3 Å². The summed E-state index contributed by atoms with van der Waals surface area (Å²) in [4.78, 5) is 29.8. The van der Waals surface area contributed by atoms with E-state index in [1.807, 2.05) is 60.2 Å². The maximum absolute atomic E-state index is 13.9. The predicted octanol–water partition coefficient (Wildman–Crippen LogP) is 3.45. The Hall–Kier alpha value is -3.64. The first kappa shape index (κ1) is 39.6. The van der Waals surface area contributed by atoms with Gasteiger partial charge in [0.1, 0.15) is 11.9 Å². The average Bonchev–Trinajstić information content (AvgIpc) is 3.52. The molecule has 4 aromatic carbocycles. The second kappa shape index (κ2) is 18.9. The molecule has 1 aromatic heterocycles. The third-order valence-electron chi connectivity index (χ3n) is 9.54. The molecule has 0 bridgehead atoms. The zero-order valence-corrected chi connectivity index (χ0v) is 33.8. The summed E-state index contributed by atoms with van der Waals surface area (Å²) >= 11 is 0. The Morgan fingerprint density at radius 3 is 2.31 bits per heavy atom. The fraction of sp³-hybridized carbons (Fsp3) is 0.333. The molecular formula is C42H46KN3O6. The number of anilines is 1. The second-order valence-corrected chi connectivity index (χ2v) is 13.0. The molecule has 0 spiro atoms. The normalized spacial score (nSPS) is 13.7. The molecule has 0 N–H and O–H groups in total. The number of aromatic nitrogens is 1. The first-order chi connectivity index (χ1) is 24.8. The van der Waals surface area contributed by atoms with Crippen LogP contribution in [-0.2, 0) is 11.3 Å². The Bertz CT molecular complexity index is 1950. The van der Waals surface area contributed by atoms with E-state index in [1.54, 1.807) is 19.2 Å². The van der Waals surface area contributed by atoms with E-state index in [1.165, 1.54) is 5.56 Å². The molecule has 1 aliphatic heterocycles. The molecule has 5 aromatic rings. The van der Waals surface area contributed by atoms with Crippen LogP contribution in [0.15, 0.2) is 97.2 Å². The standard InChI is InChI=1S/C42H47N3O6.K/c1-4-50-38-13-8-7-12-36(38)44-26-24-43(25-27-44)23-21-37(31-17-15-30(2)16-18-31)51-39-20-19-32(28-40(39)49-3)42(48)34-29-45(22-9-14-41(46)47)35-11-6-5-10-33(34)35;/h5-8,10-13,15-20,28-29,37H,4,9,14,21-27H2,1-3H3,(H,46,47);/q;+1/p-1. The van der Waals surface area contributed by atoms with Gasteiger partial charge >= 0.3 is 51.4 Å². The number of hydrogen-bond donors (Lipinski definition) is 0. The topological polar surface area (TPSA) is 96.3 Å². The second-order valence-electron chi connectivity index (χ2n) is 13.0. The Balaban J connectivity index is 0.00000523. The molecule has 9 nitrogen and oxygen atoms in total. The Kier molecular flexibility index (Phi) is 14.4. The van der Waals surface area contributed by atoms with Gasteiger partial charge in [-0.05, 0) is 68.7 Å². The summed E-state index contributed by atoms with van der Waals surface area (Å²) in [6, 6.07) is 29.7. The summed E-state index contributed by atoms with van der Waals surface area (Å²) < 4.78 is 20.3. The predicted molar refractivity (Wildman–Crippen MR) is 198 cm³/mol. The van der Waals surface area contributed by atoms with Gasteiger partial charge in [-0.15, -0.1) is 0 Å². The number of carbonyl (C=O) groups is 2. The Morgan fingerprint density at radius 2 is 1.58 bits per heavy atom. The number of carboxylic acid groups (broad SMARTS) is 1. The average molecular weight is 728 g/mol. The maximum Gasteiger partial charge on any atom is 1.00 e. The van der Waals surface area contributed by atoms with Gasteiger partial charge < -0.3 is 33.6 Å². The minimum atomic E-state index is -1.08. The van der Waals surface area contributed by atoms with Gasteiger partial charge in [0.25, 0.3) is 0 Å². The molecule has 1 unspecified atom stereocenters. The fourth-order valence-corrected chi connectivity index (χ4v) is 6.80. The van der Waals surface area contributed by atoms with Crippen molar-refractivity contribution in [3.05, 3.63) is 119 Å². The molecule has 10 heteroatoms. The number of aryl methyl sites for hydroxylation is 2. The quantitative estimate of drug-likeness (QED) is 0.113. The van der Waals surface area contributed by atoms with E-state index in [0.717, 1.165) is 67.0 Å². The summed E-state index contributed by atoms with van der Waals surface area (Å²) in [5.74, 6) is 0.757. The smallest absolute Gasteiger partial charge is 0.550 e. The van der Waals surface area contributed by atoms with Gasteiger partial charge in [0, 0.05) is 79.9 Å². The van der Waals surface area contributed by atoms with E-state index in [4.69, 9.17) is 14.2 Å². The first-order valence-corrected chi connectivity index (χ1v) is 17.8. The molecule has 2 heterocycles. The summed E-state index contributed by atoms with van der Waals surface area (Å²) in [6.07, 6.45) is 2.73. The van der Waals surface area contributed by atoms with E-state index in [9.17, 15) is 14.7 Å². The van der Waals surface area contributed by atoms with Crippen molar-refractivity contribution in [3.8, 4) is 17.2 Å². The van der Waals surface area contributed by atoms with Crippen LogP contribution in [0.25, 0.3) is 10.9 Å². The Labute approximate surface area is 348 Å². The molecule has 1 atom stereocenters. The number of para-hydroxylation sites is 3. The molecule has 1 aliphatic rings. The van der Waals surface area contributed by atoms with Crippen molar-refractivity contribution in [1.82, 2.24) is 9.47 Å².